The Morgan fingerprint density at radius 2 is 2.25 bits per heavy atom. The van der Waals surface area contributed by atoms with Gasteiger partial charge in [-0.15, -0.1) is 5.10 Å². The number of aromatic nitrogens is 2. The number of halogens is 2. The van der Waals surface area contributed by atoms with Gasteiger partial charge in [-0.1, -0.05) is 28.0 Å². The molecule has 1 heterocycles. The third kappa shape index (κ3) is 4.38. The molecule has 0 radical (unpaired) electrons. The summed E-state index contributed by atoms with van der Waals surface area (Å²) in [6.45, 7) is 1.94. The largest absolute Gasteiger partial charge is 0.430 e. The van der Waals surface area contributed by atoms with E-state index in [-0.39, 0.29) is 5.02 Å². The van der Waals surface area contributed by atoms with Crippen molar-refractivity contribution in [3.05, 3.63) is 34.0 Å². The molecule has 0 amide bonds. The van der Waals surface area contributed by atoms with Gasteiger partial charge in [0.1, 0.15) is 16.6 Å². The zero-order valence-electron chi connectivity index (χ0n) is 10.7. The third-order valence-electron chi connectivity index (χ3n) is 2.30. The predicted octanol–water partition coefficient (Wildman–Crippen LogP) is 2.86. The van der Waals surface area contributed by atoms with Gasteiger partial charge in [0.2, 0.25) is 0 Å². The highest BCUT2D eigenvalue weighted by Crippen LogP contribution is 2.27. The predicted molar refractivity (Wildman–Crippen MR) is 75.0 cm³/mol. The Morgan fingerprint density at radius 3 is 3.00 bits per heavy atom. The van der Waals surface area contributed by atoms with Gasteiger partial charge in [0.05, 0.1) is 11.6 Å². The van der Waals surface area contributed by atoms with Crippen LogP contribution in [0.5, 0.6) is 10.9 Å². The maximum absolute atomic E-state index is 13.3. The maximum atomic E-state index is 13.3. The molecule has 0 unspecified atom stereocenters. The van der Waals surface area contributed by atoms with Crippen LogP contribution in [0.3, 0.4) is 0 Å². The van der Waals surface area contributed by atoms with Crippen LogP contribution in [0, 0.1) is 5.82 Å². The first-order valence-corrected chi connectivity index (χ1v) is 7.03. The number of hydrogen-bond acceptors (Lipinski definition) is 6. The van der Waals surface area contributed by atoms with Crippen LogP contribution in [0.15, 0.2) is 18.2 Å². The summed E-state index contributed by atoms with van der Waals surface area (Å²) >= 11 is 6.89. The minimum absolute atomic E-state index is 0.0534. The highest BCUT2D eigenvalue weighted by molar-refractivity contribution is 7.13. The lowest BCUT2D eigenvalue weighted by Gasteiger charge is -2.01. The Morgan fingerprint density at radius 1 is 1.40 bits per heavy atom. The molecule has 108 valence electrons. The van der Waals surface area contributed by atoms with Crippen molar-refractivity contribution in [3.8, 4) is 10.9 Å². The van der Waals surface area contributed by atoms with Crippen LogP contribution in [-0.4, -0.2) is 30.5 Å². The van der Waals surface area contributed by atoms with E-state index in [1.807, 2.05) is 0 Å². The lowest BCUT2D eigenvalue weighted by Crippen LogP contribution is -2.18. The lowest BCUT2D eigenvalue weighted by atomic mass is 10.3. The van der Waals surface area contributed by atoms with Crippen LogP contribution in [0.2, 0.25) is 5.02 Å². The number of methoxy groups -OCH3 is 1. The molecule has 1 N–H and O–H groups in total. The molecule has 0 aliphatic heterocycles. The number of nitrogens with zero attached hydrogens (tertiary/aromatic N) is 2. The molecule has 8 heteroatoms. The van der Waals surface area contributed by atoms with E-state index in [1.54, 1.807) is 13.2 Å². The van der Waals surface area contributed by atoms with Crippen LogP contribution in [0.4, 0.5) is 4.39 Å². The van der Waals surface area contributed by atoms with E-state index in [9.17, 15) is 4.39 Å². The second-order valence-corrected chi connectivity index (χ2v) is 5.24. The summed E-state index contributed by atoms with van der Waals surface area (Å²) in [5.74, 6) is -0.197. The van der Waals surface area contributed by atoms with Gasteiger partial charge in [0, 0.05) is 26.3 Å². The monoisotopic (exact) mass is 317 g/mol. The number of benzene rings is 1. The van der Waals surface area contributed by atoms with Crippen LogP contribution >= 0.6 is 22.9 Å². The van der Waals surface area contributed by atoms with Crippen molar-refractivity contribution in [3.63, 3.8) is 0 Å². The van der Waals surface area contributed by atoms with Crippen LogP contribution in [-0.2, 0) is 11.3 Å². The number of ether oxygens (including phenoxy) is 2. The van der Waals surface area contributed by atoms with Gasteiger partial charge in [-0.05, 0) is 12.1 Å². The molecule has 5 nitrogen and oxygen atoms in total. The average molecular weight is 318 g/mol. The molecule has 0 saturated heterocycles. The minimum Gasteiger partial charge on any atom is -0.430 e. The Balaban J connectivity index is 1.90. The Bertz CT molecular complexity index is 567. The molecule has 2 aromatic rings. The first kappa shape index (κ1) is 15.1. The third-order valence-corrected chi connectivity index (χ3v) is 3.41. The molecule has 0 aliphatic carbocycles. The summed E-state index contributed by atoms with van der Waals surface area (Å²) in [6, 6.07) is 4.21. The maximum Gasteiger partial charge on any atom is 0.299 e. The van der Waals surface area contributed by atoms with Crippen LogP contribution in [0.1, 0.15) is 5.01 Å². The van der Waals surface area contributed by atoms with Gasteiger partial charge in [-0.3, -0.25) is 0 Å². The SMILES string of the molecule is COCCNCc1nnc(Oc2ccc(Cl)c(F)c2)s1. The highest BCUT2D eigenvalue weighted by Gasteiger charge is 2.08. The van der Waals surface area contributed by atoms with E-state index in [1.165, 1.54) is 23.5 Å². The number of hydrogen-bond donors (Lipinski definition) is 1. The highest BCUT2D eigenvalue weighted by atomic mass is 35.5. The quantitative estimate of drug-likeness (QED) is 0.796. The summed E-state index contributed by atoms with van der Waals surface area (Å²) in [4.78, 5) is 0. The van der Waals surface area contributed by atoms with E-state index in [0.29, 0.717) is 24.1 Å². The molecule has 1 aromatic heterocycles. The molecule has 2 rings (SSSR count). The fourth-order valence-corrected chi connectivity index (χ4v) is 2.16. The van der Waals surface area contributed by atoms with E-state index >= 15 is 0 Å². The van der Waals surface area contributed by atoms with Crippen molar-refractivity contribution in [2.24, 2.45) is 0 Å². The number of rotatable bonds is 7. The van der Waals surface area contributed by atoms with Gasteiger partial charge in [0.25, 0.3) is 5.19 Å². The zero-order chi connectivity index (χ0) is 14.4. The van der Waals surface area contributed by atoms with Crippen molar-refractivity contribution in [2.45, 2.75) is 6.54 Å². The molecule has 0 saturated carbocycles. The van der Waals surface area contributed by atoms with Crippen molar-refractivity contribution in [2.75, 3.05) is 20.3 Å². The fourth-order valence-electron chi connectivity index (χ4n) is 1.36. The first-order chi connectivity index (χ1) is 9.69. The van der Waals surface area contributed by atoms with Crippen LogP contribution < -0.4 is 10.1 Å². The van der Waals surface area contributed by atoms with E-state index in [0.717, 1.165) is 11.6 Å². The molecule has 0 atom stereocenters. The Labute approximate surface area is 124 Å². The van der Waals surface area contributed by atoms with E-state index < -0.39 is 5.82 Å². The lowest BCUT2D eigenvalue weighted by molar-refractivity contribution is 0.199. The molecular weight excluding hydrogens is 305 g/mol. The summed E-state index contributed by atoms with van der Waals surface area (Å²) in [5.41, 5.74) is 0. The summed E-state index contributed by atoms with van der Waals surface area (Å²) in [5, 5.41) is 12.2. The summed E-state index contributed by atoms with van der Waals surface area (Å²) in [6.07, 6.45) is 0. The smallest absolute Gasteiger partial charge is 0.299 e. The normalized spacial score (nSPS) is 10.8. The first-order valence-electron chi connectivity index (χ1n) is 5.84. The Kier molecular flexibility index (Phi) is 5.66. The van der Waals surface area contributed by atoms with E-state index in [4.69, 9.17) is 21.1 Å². The zero-order valence-corrected chi connectivity index (χ0v) is 12.3. The van der Waals surface area contributed by atoms with Gasteiger partial charge >= 0.3 is 0 Å². The van der Waals surface area contributed by atoms with E-state index in [2.05, 4.69) is 15.5 Å². The van der Waals surface area contributed by atoms with Gasteiger partial charge in [-0.2, -0.15) is 0 Å². The fraction of sp³-hybridized carbons (Fsp3) is 0.333. The summed E-state index contributed by atoms with van der Waals surface area (Å²) in [7, 11) is 1.64. The Hall–Kier alpha value is -1.28. The van der Waals surface area contributed by atoms with Gasteiger partial charge in [0.15, 0.2) is 0 Å². The van der Waals surface area contributed by atoms with Gasteiger partial charge < -0.3 is 14.8 Å². The van der Waals surface area contributed by atoms with Crippen molar-refractivity contribution in [1.29, 1.82) is 0 Å². The van der Waals surface area contributed by atoms with Crippen molar-refractivity contribution in [1.82, 2.24) is 15.5 Å². The summed E-state index contributed by atoms with van der Waals surface area (Å²) < 4.78 is 23.6. The molecule has 0 fully saturated rings. The van der Waals surface area contributed by atoms with Crippen molar-refractivity contribution < 1.29 is 13.9 Å². The number of nitrogens with one attached hydrogen (secondary N) is 1. The van der Waals surface area contributed by atoms with Crippen LogP contribution in [0.25, 0.3) is 0 Å². The second kappa shape index (κ2) is 7.49. The molecule has 0 aliphatic rings. The molecular formula is C12H13ClFN3O2S. The molecule has 0 spiro atoms. The second-order valence-electron chi connectivity index (χ2n) is 3.81. The molecule has 0 bridgehead atoms. The topological polar surface area (TPSA) is 56.3 Å². The van der Waals surface area contributed by atoms with Crippen molar-refractivity contribution >= 4 is 22.9 Å². The van der Waals surface area contributed by atoms with Gasteiger partial charge in [-0.25, -0.2) is 4.39 Å². The molecule has 20 heavy (non-hydrogen) atoms. The minimum atomic E-state index is -0.532. The standard InChI is InChI=1S/C12H13ClFN3O2S/c1-18-5-4-15-7-11-16-17-12(20-11)19-8-2-3-9(13)10(14)6-8/h2-3,6,15H,4-5,7H2,1H3. The molecule has 1 aromatic carbocycles. The average Bonchev–Trinajstić information content (AvgIpc) is 2.87.